The van der Waals surface area contributed by atoms with Crippen molar-refractivity contribution in [1.82, 2.24) is 0 Å². The Hall–Kier alpha value is -1.81. The van der Waals surface area contributed by atoms with Crippen LogP contribution in [-0.2, 0) is 0 Å². The minimum atomic E-state index is -0.909. The fourth-order valence-corrected chi connectivity index (χ4v) is 2.22. The maximum atomic E-state index is 10.9. The largest absolute Gasteiger partial charge is 0.478 e. The lowest BCUT2D eigenvalue weighted by atomic mass is 10.0. The van der Waals surface area contributed by atoms with E-state index in [1.807, 2.05) is 17.5 Å². The second kappa shape index (κ2) is 3.74. The number of carboxylic acids is 1. The summed E-state index contributed by atoms with van der Waals surface area (Å²) in [5, 5.41) is 12.4. The minimum absolute atomic E-state index is 0.325. The average molecular weight is 219 g/mol. The second-order valence-electron chi connectivity index (χ2n) is 3.13. The van der Waals surface area contributed by atoms with Gasteiger partial charge in [-0.3, -0.25) is 0 Å². The molecule has 0 aliphatic heterocycles. The van der Waals surface area contributed by atoms with E-state index in [0.29, 0.717) is 11.3 Å². The van der Waals surface area contributed by atoms with E-state index >= 15 is 0 Å². The molecular weight excluding hydrogens is 210 g/mol. The Morgan fingerprint density at radius 2 is 2.13 bits per heavy atom. The molecule has 2 rings (SSSR count). The summed E-state index contributed by atoms with van der Waals surface area (Å²) in [6.45, 7) is 0. The molecule has 0 unspecified atom stereocenters. The number of carbonyl (C=O) groups is 1. The van der Waals surface area contributed by atoms with Crippen LogP contribution in [0.4, 0.5) is 5.69 Å². The number of thiophene rings is 1. The van der Waals surface area contributed by atoms with Crippen molar-refractivity contribution in [2.24, 2.45) is 0 Å². The zero-order chi connectivity index (χ0) is 10.8. The Labute approximate surface area is 90.8 Å². The lowest BCUT2D eigenvalue weighted by molar-refractivity contribution is 0.0698. The molecule has 0 saturated carbocycles. The van der Waals surface area contributed by atoms with E-state index in [-0.39, 0.29) is 0 Å². The van der Waals surface area contributed by atoms with Gasteiger partial charge in [-0.1, -0.05) is 12.1 Å². The number of carboxylic acid groups (broad SMARTS) is 1. The average Bonchev–Trinajstić information content (AvgIpc) is 2.65. The Balaban J connectivity index is 2.54. The Morgan fingerprint density at radius 3 is 2.80 bits per heavy atom. The van der Waals surface area contributed by atoms with Gasteiger partial charge < -0.3 is 10.8 Å². The van der Waals surface area contributed by atoms with Crippen molar-refractivity contribution in [1.29, 1.82) is 0 Å². The quantitative estimate of drug-likeness (QED) is 0.763. The van der Waals surface area contributed by atoms with Crippen LogP contribution in [0.3, 0.4) is 0 Å². The molecule has 76 valence electrons. The topological polar surface area (TPSA) is 63.3 Å². The molecule has 15 heavy (non-hydrogen) atoms. The van der Waals surface area contributed by atoms with E-state index in [1.165, 1.54) is 11.3 Å². The molecule has 3 N–H and O–H groups in total. The van der Waals surface area contributed by atoms with Crippen LogP contribution in [0.2, 0.25) is 0 Å². The fraction of sp³-hybridized carbons (Fsp3) is 0. The lowest BCUT2D eigenvalue weighted by Gasteiger charge is -2.01. The molecule has 0 atom stereocenters. The number of hydrogen-bond acceptors (Lipinski definition) is 3. The summed E-state index contributed by atoms with van der Waals surface area (Å²) in [6, 6.07) is 7.21. The van der Waals surface area contributed by atoms with Crippen LogP contribution >= 0.6 is 11.3 Å². The van der Waals surface area contributed by atoms with Gasteiger partial charge >= 0.3 is 5.97 Å². The SMILES string of the molecule is Nc1cccc(-c2cscc2C(=O)O)c1. The Bertz CT molecular complexity index is 505. The standard InChI is InChI=1S/C11H9NO2S/c12-8-3-1-2-7(4-8)9-5-15-6-10(9)11(13)14/h1-6H,12H2,(H,13,14). The van der Waals surface area contributed by atoms with Crippen LogP contribution in [0.1, 0.15) is 10.4 Å². The smallest absolute Gasteiger partial charge is 0.337 e. The van der Waals surface area contributed by atoms with Crippen LogP contribution in [0, 0.1) is 0 Å². The van der Waals surface area contributed by atoms with E-state index in [9.17, 15) is 4.79 Å². The predicted octanol–water partition coefficient (Wildman–Crippen LogP) is 2.70. The summed E-state index contributed by atoms with van der Waals surface area (Å²) < 4.78 is 0. The van der Waals surface area contributed by atoms with E-state index in [4.69, 9.17) is 10.8 Å². The van der Waals surface area contributed by atoms with E-state index in [1.54, 1.807) is 17.5 Å². The molecule has 2 aromatic rings. The first-order chi connectivity index (χ1) is 7.18. The van der Waals surface area contributed by atoms with E-state index in [2.05, 4.69) is 0 Å². The zero-order valence-corrected chi connectivity index (χ0v) is 8.62. The van der Waals surface area contributed by atoms with Gasteiger partial charge in [0.15, 0.2) is 0 Å². The van der Waals surface area contributed by atoms with Crippen molar-refractivity contribution in [2.45, 2.75) is 0 Å². The minimum Gasteiger partial charge on any atom is -0.478 e. The molecule has 1 aromatic carbocycles. The fourth-order valence-electron chi connectivity index (χ4n) is 1.39. The molecule has 0 fully saturated rings. The molecule has 0 bridgehead atoms. The third-order valence-corrected chi connectivity index (χ3v) is 2.83. The van der Waals surface area contributed by atoms with Crippen molar-refractivity contribution < 1.29 is 9.90 Å². The van der Waals surface area contributed by atoms with Gasteiger partial charge in [0.1, 0.15) is 0 Å². The highest BCUT2D eigenvalue weighted by Crippen LogP contribution is 2.28. The Morgan fingerprint density at radius 1 is 1.33 bits per heavy atom. The predicted molar refractivity (Wildman–Crippen MR) is 61.1 cm³/mol. The van der Waals surface area contributed by atoms with Crippen molar-refractivity contribution in [3.63, 3.8) is 0 Å². The number of nitrogen functional groups attached to an aromatic ring is 1. The van der Waals surface area contributed by atoms with E-state index in [0.717, 1.165) is 11.1 Å². The highest BCUT2D eigenvalue weighted by molar-refractivity contribution is 7.08. The van der Waals surface area contributed by atoms with Crippen molar-refractivity contribution >= 4 is 23.0 Å². The summed E-state index contributed by atoms with van der Waals surface area (Å²) in [5.41, 5.74) is 8.17. The van der Waals surface area contributed by atoms with Gasteiger partial charge in [-0.15, -0.1) is 0 Å². The maximum absolute atomic E-state index is 10.9. The lowest BCUT2D eigenvalue weighted by Crippen LogP contribution is -1.96. The van der Waals surface area contributed by atoms with Crippen LogP contribution in [0.25, 0.3) is 11.1 Å². The second-order valence-corrected chi connectivity index (χ2v) is 3.87. The first-order valence-electron chi connectivity index (χ1n) is 4.34. The molecule has 1 heterocycles. The van der Waals surface area contributed by atoms with Gasteiger partial charge in [-0.2, -0.15) is 11.3 Å². The molecule has 3 nitrogen and oxygen atoms in total. The zero-order valence-electron chi connectivity index (χ0n) is 7.81. The normalized spacial score (nSPS) is 10.1. The third-order valence-electron chi connectivity index (χ3n) is 2.09. The molecule has 4 heteroatoms. The maximum Gasteiger partial charge on any atom is 0.337 e. The molecule has 0 radical (unpaired) electrons. The van der Waals surface area contributed by atoms with Crippen molar-refractivity contribution in [2.75, 3.05) is 5.73 Å². The molecule has 0 saturated heterocycles. The number of aromatic carboxylic acids is 1. The van der Waals surface area contributed by atoms with Crippen LogP contribution < -0.4 is 5.73 Å². The van der Waals surface area contributed by atoms with Crippen LogP contribution in [0.15, 0.2) is 35.0 Å². The van der Waals surface area contributed by atoms with Crippen molar-refractivity contribution in [3.8, 4) is 11.1 Å². The van der Waals surface area contributed by atoms with Gasteiger partial charge in [0.05, 0.1) is 5.56 Å². The molecule has 0 aliphatic rings. The highest BCUT2D eigenvalue weighted by Gasteiger charge is 2.12. The number of nitrogens with two attached hydrogens (primary N) is 1. The Kier molecular flexibility index (Phi) is 2.43. The molecule has 0 amide bonds. The number of hydrogen-bond donors (Lipinski definition) is 2. The summed E-state index contributed by atoms with van der Waals surface area (Å²) in [5.74, 6) is -0.909. The molecule has 0 aliphatic carbocycles. The van der Waals surface area contributed by atoms with Crippen LogP contribution in [-0.4, -0.2) is 11.1 Å². The summed E-state index contributed by atoms with van der Waals surface area (Å²) in [7, 11) is 0. The molecular formula is C11H9NO2S. The molecule has 0 spiro atoms. The summed E-state index contributed by atoms with van der Waals surface area (Å²) in [4.78, 5) is 10.9. The summed E-state index contributed by atoms with van der Waals surface area (Å²) >= 11 is 1.37. The van der Waals surface area contributed by atoms with Gasteiger partial charge in [-0.25, -0.2) is 4.79 Å². The number of anilines is 1. The number of benzene rings is 1. The number of rotatable bonds is 2. The first-order valence-corrected chi connectivity index (χ1v) is 5.28. The van der Waals surface area contributed by atoms with Gasteiger partial charge in [0, 0.05) is 16.6 Å². The first kappa shape index (κ1) is 9.73. The summed E-state index contributed by atoms with van der Waals surface area (Å²) in [6.07, 6.45) is 0. The van der Waals surface area contributed by atoms with Crippen LogP contribution in [0.5, 0.6) is 0 Å². The van der Waals surface area contributed by atoms with Gasteiger partial charge in [-0.05, 0) is 23.1 Å². The van der Waals surface area contributed by atoms with Gasteiger partial charge in [0.25, 0.3) is 0 Å². The van der Waals surface area contributed by atoms with Gasteiger partial charge in [0.2, 0.25) is 0 Å². The van der Waals surface area contributed by atoms with E-state index < -0.39 is 5.97 Å². The van der Waals surface area contributed by atoms with Crippen molar-refractivity contribution in [3.05, 3.63) is 40.6 Å². The third kappa shape index (κ3) is 1.85. The monoisotopic (exact) mass is 219 g/mol. The molecule has 1 aromatic heterocycles. The highest BCUT2D eigenvalue weighted by atomic mass is 32.1.